The first kappa shape index (κ1) is 20.1. The van der Waals surface area contributed by atoms with Gasteiger partial charge in [0, 0.05) is 17.0 Å². The monoisotopic (exact) mass is 389 g/mol. The lowest BCUT2D eigenvalue weighted by Crippen LogP contribution is -2.46. The van der Waals surface area contributed by atoms with E-state index in [4.69, 9.17) is 0 Å². The van der Waals surface area contributed by atoms with Gasteiger partial charge in [0.2, 0.25) is 5.91 Å². The number of aryl methyl sites for hydroxylation is 1. The molecule has 148 valence electrons. The van der Waals surface area contributed by atoms with Crippen molar-refractivity contribution >= 4 is 27.5 Å². The number of hydrogen-bond donors (Lipinski definition) is 0. The molecule has 0 bridgehead atoms. The van der Waals surface area contributed by atoms with Gasteiger partial charge in [-0.25, -0.2) is 4.98 Å². The lowest BCUT2D eigenvalue weighted by molar-refractivity contribution is -0.136. The topological polar surface area (TPSA) is 55.2 Å². The van der Waals surface area contributed by atoms with Gasteiger partial charge in [-0.1, -0.05) is 20.8 Å². The van der Waals surface area contributed by atoms with E-state index in [9.17, 15) is 9.59 Å². The Hall–Kier alpha value is -1.69. The average Bonchev–Trinajstić information content (AvgIpc) is 3.01. The van der Waals surface area contributed by atoms with Crippen LogP contribution in [0.25, 0.3) is 10.2 Å². The highest BCUT2D eigenvalue weighted by Gasteiger charge is 2.26. The second kappa shape index (κ2) is 8.13. The highest BCUT2D eigenvalue weighted by molar-refractivity contribution is 7.18. The zero-order valence-corrected chi connectivity index (χ0v) is 17.9. The predicted octanol–water partition coefficient (Wildman–Crippen LogP) is 4.01. The van der Waals surface area contributed by atoms with Crippen molar-refractivity contribution in [3.63, 3.8) is 0 Å². The third-order valence-electron chi connectivity index (χ3n) is 6.01. The zero-order valence-electron chi connectivity index (χ0n) is 17.1. The molecule has 0 aromatic carbocycles. The van der Waals surface area contributed by atoms with Crippen LogP contribution in [0.5, 0.6) is 0 Å². The molecule has 1 amide bonds. The van der Waals surface area contributed by atoms with Gasteiger partial charge in [-0.2, -0.15) is 0 Å². The predicted molar refractivity (Wildman–Crippen MR) is 111 cm³/mol. The fourth-order valence-electron chi connectivity index (χ4n) is 4.03. The number of carbonyl (C=O) groups is 1. The van der Waals surface area contributed by atoms with Gasteiger partial charge in [-0.15, -0.1) is 11.3 Å². The van der Waals surface area contributed by atoms with Gasteiger partial charge in [-0.3, -0.25) is 14.2 Å². The number of amides is 1. The van der Waals surface area contributed by atoms with Crippen molar-refractivity contribution in [1.29, 1.82) is 0 Å². The SMILES string of the molecule is CC[C@@H](C)N(C(=O)Cn1cnc2sc3c(c2c1=O)CC[C@@H](C)C3)[C@@H](C)CC. The Morgan fingerprint density at radius 2 is 2.00 bits per heavy atom. The fourth-order valence-corrected chi connectivity index (χ4v) is 5.37. The summed E-state index contributed by atoms with van der Waals surface area (Å²) in [6.07, 6.45) is 6.44. The van der Waals surface area contributed by atoms with Gasteiger partial charge < -0.3 is 4.90 Å². The lowest BCUT2D eigenvalue weighted by Gasteiger charge is -2.34. The third-order valence-corrected chi connectivity index (χ3v) is 7.17. The molecule has 6 heteroatoms. The Balaban J connectivity index is 1.94. The Labute approximate surface area is 165 Å². The number of rotatable bonds is 6. The van der Waals surface area contributed by atoms with Crippen LogP contribution < -0.4 is 5.56 Å². The molecule has 0 unspecified atom stereocenters. The quantitative estimate of drug-likeness (QED) is 0.750. The number of fused-ring (bicyclic) bond motifs is 3. The molecule has 1 aliphatic rings. The Bertz CT molecular complexity index is 875. The van der Waals surface area contributed by atoms with E-state index < -0.39 is 0 Å². The first-order chi connectivity index (χ1) is 12.9. The van der Waals surface area contributed by atoms with Gasteiger partial charge in [0.05, 0.1) is 11.7 Å². The molecule has 0 saturated heterocycles. The van der Waals surface area contributed by atoms with Crippen LogP contribution in [-0.4, -0.2) is 32.4 Å². The van der Waals surface area contributed by atoms with E-state index in [0.29, 0.717) is 5.92 Å². The van der Waals surface area contributed by atoms with Crippen molar-refractivity contribution < 1.29 is 4.79 Å². The number of thiophene rings is 1. The fraction of sp³-hybridized carbons (Fsp3) is 0.667. The molecule has 0 saturated carbocycles. The lowest BCUT2D eigenvalue weighted by atomic mass is 9.89. The molecule has 5 nitrogen and oxygen atoms in total. The normalized spacial score (nSPS) is 18.9. The summed E-state index contributed by atoms with van der Waals surface area (Å²) in [5.41, 5.74) is 1.11. The molecule has 0 fully saturated rings. The van der Waals surface area contributed by atoms with Crippen molar-refractivity contribution in [2.24, 2.45) is 5.92 Å². The summed E-state index contributed by atoms with van der Waals surface area (Å²) >= 11 is 1.65. The summed E-state index contributed by atoms with van der Waals surface area (Å²) in [6.45, 7) is 10.7. The van der Waals surface area contributed by atoms with E-state index in [1.807, 2.05) is 4.90 Å². The van der Waals surface area contributed by atoms with Crippen molar-refractivity contribution in [2.45, 2.75) is 85.4 Å². The maximum absolute atomic E-state index is 13.1. The molecule has 0 N–H and O–H groups in total. The molecule has 0 aliphatic heterocycles. The van der Waals surface area contributed by atoms with E-state index in [2.05, 4.69) is 39.6 Å². The van der Waals surface area contributed by atoms with Crippen LogP contribution in [0.2, 0.25) is 0 Å². The van der Waals surface area contributed by atoms with Gasteiger partial charge in [0.15, 0.2) is 0 Å². The molecule has 3 rings (SSSR count). The highest BCUT2D eigenvalue weighted by atomic mass is 32.1. The minimum atomic E-state index is -0.0614. The average molecular weight is 390 g/mol. The minimum Gasteiger partial charge on any atom is -0.336 e. The molecule has 2 heterocycles. The molecule has 2 aromatic rings. The van der Waals surface area contributed by atoms with Crippen LogP contribution >= 0.6 is 11.3 Å². The van der Waals surface area contributed by atoms with Crippen LogP contribution in [0.1, 0.15) is 64.3 Å². The van der Waals surface area contributed by atoms with E-state index >= 15 is 0 Å². The van der Waals surface area contributed by atoms with Gasteiger partial charge in [0.1, 0.15) is 11.4 Å². The number of hydrogen-bond acceptors (Lipinski definition) is 4. The van der Waals surface area contributed by atoms with Crippen LogP contribution in [0.4, 0.5) is 0 Å². The molecule has 2 aromatic heterocycles. The van der Waals surface area contributed by atoms with E-state index in [0.717, 1.165) is 42.3 Å². The Kier molecular flexibility index (Phi) is 6.04. The smallest absolute Gasteiger partial charge is 0.262 e. The molecular formula is C21H31N3O2S. The molecule has 1 aliphatic carbocycles. The summed E-state index contributed by atoms with van der Waals surface area (Å²) in [5, 5.41) is 0.746. The first-order valence-electron chi connectivity index (χ1n) is 10.2. The maximum atomic E-state index is 13.1. The third kappa shape index (κ3) is 3.82. The van der Waals surface area contributed by atoms with Crippen molar-refractivity contribution in [3.8, 4) is 0 Å². The highest BCUT2D eigenvalue weighted by Crippen LogP contribution is 2.35. The van der Waals surface area contributed by atoms with Gasteiger partial charge in [-0.05, 0) is 57.4 Å². The summed E-state index contributed by atoms with van der Waals surface area (Å²) in [7, 11) is 0. The number of nitrogens with zero attached hydrogens (tertiary/aromatic N) is 3. The van der Waals surface area contributed by atoms with E-state index in [-0.39, 0.29) is 30.1 Å². The van der Waals surface area contributed by atoms with Crippen LogP contribution in [-0.2, 0) is 24.2 Å². The van der Waals surface area contributed by atoms with Crippen LogP contribution in [0.15, 0.2) is 11.1 Å². The van der Waals surface area contributed by atoms with Crippen molar-refractivity contribution in [1.82, 2.24) is 14.5 Å². The number of aromatic nitrogens is 2. The van der Waals surface area contributed by atoms with Crippen molar-refractivity contribution in [3.05, 3.63) is 27.1 Å². The molecule has 27 heavy (non-hydrogen) atoms. The summed E-state index contributed by atoms with van der Waals surface area (Å²) in [4.78, 5) is 34.7. The van der Waals surface area contributed by atoms with Gasteiger partial charge >= 0.3 is 0 Å². The molecule has 3 atom stereocenters. The second-order valence-electron chi connectivity index (χ2n) is 8.03. The summed E-state index contributed by atoms with van der Waals surface area (Å²) in [6, 6.07) is 0.325. The molecular weight excluding hydrogens is 358 g/mol. The largest absolute Gasteiger partial charge is 0.336 e. The standard InChI is InChI=1S/C21H31N3O2S/c1-6-14(4)24(15(5)7-2)18(25)11-23-12-22-20-19(21(23)26)16-9-8-13(3)10-17(16)27-20/h12-15H,6-11H2,1-5H3/t13-,14-,15+/m1/s1. The van der Waals surface area contributed by atoms with Gasteiger partial charge in [0.25, 0.3) is 5.56 Å². The molecule has 0 radical (unpaired) electrons. The second-order valence-corrected chi connectivity index (χ2v) is 9.11. The van der Waals surface area contributed by atoms with Crippen molar-refractivity contribution in [2.75, 3.05) is 0 Å². The summed E-state index contributed by atoms with van der Waals surface area (Å²) in [5.74, 6) is 0.661. The van der Waals surface area contributed by atoms with Crippen LogP contribution in [0, 0.1) is 5.92 Å². The Morgan fingerprint density at radius 3 is 2.63 bits per heavy atom. The van der Waals surface area contributed by atoms with Crippen LogP contribution in [0.3, 0.4) is 0 Å². The van der Waals surface area contributed by atoms with E-state index in [1.165, 1.54) is 15.0 Å². The maximum Gasteiger partial charge on any atom is 0.262 e. The minimum absolute atomic E-state index is 0.000306. The first-order valence-corrected chi connectivity index (χ1v) is 11.0. The summed E-state index contributed by atoms with van der Waals surface area (Å²) < 4.78 is 1.51. The Morgan fingerprint density at radius 1 is 1.33 bits per heavy atom. The van der Waals surface area contributed by atoms with E-state index in [1.54, 1.807) is 17.7 Å². The number of carbonyl (C=O) groups excluding carboxylic acids is 1. The zero-order chi connectivity index (χ0) is 19.7. The molecule has 0 spiro atoms.